The lowest BCUT2D eigenvalue weighted by Gasteiger charge is -2.23. The standard InChI is InChI=1S/C18H18F6N6.CH4/c1-7-6-26-11(16(3,4)5)8(2)10(7)30-13(25)9-12(17(19,20)21)27-15(18(22,23)24)28-14(9)29-30;/h6H,25H2,1-5H3;1H4. The smallest absolute Gasteiger partial charge is 0.383 e. The first-order valence-electron chi connectivity index (χ1n) is 8.71. The summed E-state index contributed by atoms with van der Waals surface area (Å²) in [6.45, 7) is 9.03. The van der Waals surface area contributed by atoms with Crippen LogP contribution in [0.5, 0.6) is 0 Å². The van der Waals surface area contributed by atoms with Crippen molar-refractivity contribution in [2.24, 2.45) is 0 Å². The van der Waals surface area contributed by atoms with Crippen LogP contribution in [0.4, 0.5) is 32.2 Å². The Labute approximate surface area is 174 Å². The molecule has 0 saturated heterocycles. The lowest BCUT2D eigenvalue weighted by Crippen LogP contribution is -2.18. The molecule has 0 unspecified atom stereocenters. The molecule has 0 aromatic carbocycles. The number of halogens is 6. The highest BCUT2D eigenvalue weighted by atomic mass is 19.4. The summed E-state index contributed by atoms with van der Waals surface area (Å²) in [5, 5.41) is 3.10. The van der Waals surface area contributed by atoms with Crippen LogP contribution in [0.15, 0.2) is 6.20 Å². The molecule has 0 aliphatic carbocycles. The number of nitrogen functional groups attached to an aromatic ring is 1. The molecule has 3 rings (SSSR count). The van der Waals surface area contributed by atoms with Crippen molar-refractivity contribution < 1.29 is 26.3 Å². The zero-order chi connectivity index (χ0) is 22.8. The Morgan fingerprint density at radius 1 is 0.903 bits per heavy atom. The fourth-order valence-electron chi connectivity index (χ4n) is 3.32. The Morgan fingerprint density at radius 2 is 1.48 bits per heavy atom. The fourth-order valence-corrected chi connectivity index (χ4v) is 3.32. The van der Waals surface area contributed by atoms with E-state index in [2.05, 4.69) is 20.1 Å². The number of fused-ring (bicyclic) bond motifs is 1. The van der Waals surface area contributed by atoms with Gasteiger partial charge in [0, 0.05) is 11.6 Å². The first-order valence-corrected chi connectivity index (χ1v) is 8.71. The Kier molecular flexibility index (Phi) is 5.77. The maximum Gasteiger partial charge on any atom is 0.451 e. The zero-order valence-electron chi connectivity index (χ0n) is 16.7. The molecule has 0 fully saturated rings. The molecule has 3 aromatic rings. The summed E-state index contributed by atoms with van der Waals surface area (Å²) < 4.78 is 80.6. The van der Waals surface area contributed by atoms with E-state index in [1.165, 1.54) is 6.20 Å². The van der Waals surface area contributed by atoms with Crippen molar-refractivity contribution in [2.75, 3.05) is 5.73 Å². The van der Waals surface area contributed by atoms with E-state index in [1.807, 2.05) is 20.8 Å². The predicted octanol–water partition coefficient (Wildman–Crippen LogP) is 5.38. The summed E-state index contributed by atoms with van der Waals surface area (Å²) in [6.07, 6.45) is -8.87. The zero-order valence-corrected chi connectivity index (χ0v) is 16.7. The summed E-state index contributed by atoms with van der Waals surface area (Å²) in [6, 6.07) is 0. The van der Waals surface area contributed by atoms with Crippen LogP contribution in [0.1, 0.15) is 56.5 Å². The molecule has 0 spiro atoms. The molecule has 2 N–H and O–H groups in total. The molecular weight excluding hydrogens is 426 g/mol. The van der Waals surface area contributed by atoms with E-state index in [1.54, 1.807) is 13.8 Å². The van der Waals surface area contributed by atoms with Gasteiger partial charge >= 0.3 is 12.4 Å². The highest BCUT2D eigenvalue weighted by Gasteiger charge is 2.43. The molecule has 12 heteroatoms. The molecule has 3 aromatic heterocycles. The van der Waals surface area contributed by atoms with Crippen LogP contribution in [-0.4, -0.2) is 24.7 Å². The number of hydrogen-bond donors (Lipinski definition) is 1. The van der Waals surface area contributed by atoms with Crippen molar-refractivity contribution in [2.45, 2.75) is 59.8 Å². The van der Waals surface area contributed by atoms with Crippen molar-refractivity contribution >= 4 is 16.9 Å². The predicted molar refractivity (Wildman–Crippen MR) is 104 cm³/mol. The topological polar surface area (TPSA) is 82.5 Å². The van der Waals surface area contributed by atoms with E-state index >= 15 is 0 Å². The van der Waals surface area contributed by atoms with Crippen LogP contribution in [0.25, 0.3) is 16.7 Å². The minimum absolute atomic E-state index is 0. The van der Waals surface area contributed by atoms with E-state index < -0.39 is 46.1 Å². The second-order valence-electron chi connectivity index (χ2n) is 7.90. The van der Waals surface area contributed by atoms with Crippen LogP contribution in [0.3, 0.4) is 0 Å². The summed E-state index contributed by atoms with van der Waals surface area (Å²) in [5.74, 6) is -2.45. The van der Waals surface area contributed by atoms with Crippen molar-refractivity contribution in [3.8, 4) is 5.69 Å². The number of rotatable bonds is 1. The van der Waals surface area contributed by atoms with E-state index in [9.17, 15) is 26.3 Å². The number of hydrogen-bond acceptors (Lipinski definition) is 5. The average molecular weight is 448 g/mol. The summed E-state index contributed by atoms with van der Waals surface area (Å²) in [4.78, 5) is 10.3. The molecule has 0 radical (unpaired) electrons. The monoisotopic (exact) mass is 448 g/mol. The third-order valence-electron chi connectivity index (χ3n) is 4.48. The molecule has 0 atom stereocenters. The second-order valence-corrected chi connectivity index (χ2v) is 7.90. The number of alkyl halides is 6. The molecule has 0 bridgehead atoms. The van der Waals surface area contributed by atoms with Gasteiger partial charge in [-0.3, -0.25) is 4.98 Å². The second kappa shape index (κ2) is 7.34. The summed E-state index contributed by atoms with van der Waals surface area (Å²) in [7, 11) is 0. The summed E-state index contributed by atoms with van der Waals surface area (Å²) >= 11 is 0. The lowest BCUT2D eigenvalue weighted by atomic mass is 9.87. The van der Waals surface area contributed by atoms with Crippen molar-refractivity contribution in [3.63, 3.8) is 0 Å². The minimum Gasteiger partial charge on any atom is -0.383 e. The van der Waals surface area contributed by atoms with Crippen LogP contribution in [0.2, 0.25) is 0 Å². The first-order chi connectivity index (χ1) is 13.5. The third kappa shape index (κ3) is 4.15. The number of anilines is 1. The van der Waals surface area contributed by atoms with Gasteiger partial charge in [-0.15, -0.1) is 5.10 Å². The van der Waals surface area contributed by atoms with Gasteiger partial charge in [0.05, 0.1) is 16.8 Å². The minimum atomic E-state index is -5.19. The van der Waals surface area contributed by atoms with Crippen LogP contribution in [-0.2, 0) is 17.8 Å². The van der Waals surface area contributed by atoms with Gasteiger partial charge in [0.15, 0.2) is 11.3 Å². The highest BCUT2D eigenvalue weighted by Crippen LogP contribution is 2.39. The lowest BCUT2D eigenvalue weighted by molar-refractivity contribution is -0.151. The van der Waals surface area contributed by atoms with Crippen LogP contribution in [0, 0.1) is 13.8 Å². The van der Waals surface area contributed by atoms with Gasteiger partial charge < -0.3 is 5.73 Å². The SMILES string of the molecule is C.Cc1cnc(C(C)(C)C)c(C)c1-n1nc2nc(C(F)(F)F)nc(C(F)(F)F)c2c1N. The molecule has 31 heavy (non-hydrogen) atoms. The van der Waals surface area contributed by atoms with Gasteiger partial charge in [0.1, 0.15) is 5.82 Å². The number of pyridine rings is 1. The van der Waals surface area contributed by atoms with E-state index in [-0.39, 0.29) is 7.43 Å². The largest absolute Gasteiger partial charge is 0.451 e. The van der Waals surface area contributed by atoms with Gasteiger partial charge in [-0.2, -0.15) is 26.3 Å². The van der Waals surface area contributed by atoms with E-state index in [0.29, 0.717) is 22.5 Å². The van der Waals surface area contributed by atoms with Gasteiger partial charge in [-0.1, -0.05) is 28.2 Å². The Balaban J connectivity index is 0.00000341. The molecular formula is C19H22F6N6. The third-order valence-corrected chi connectivity index (χ3v) is 4.48. The number of aryl methyl sites for hydroxylation is 1. The average Bonchev–Trinajstić information content (AvgIpc) is 2.88. The van der Waals surface area contributed by atoms with Crippen LogP contribution < -0.4 is 5.73 Å². The van der Waals surface area contributed by atoms with Crippen LogP contribution >= 0.6 is 0 Å². The van der Waals surface area contributed by atoms with Crippen molar-refractivity contribution in [1.29, 1.82) is 0 Å². The molecule has 0 aliphatic rings. The van der Waals surface area contributed by atoms with Gasteiger partial charge in [0.2, 0.25) is 5.82 Å². The van der Waals surface area contributed by atoms with Crippen molar-refractivity contribution in [1.82, 2.24) is 24.7 Å². The Morgan fingerprint density at radius 3 is 1.97 bits per heavy atom. The quantitative estimate of drug-likeness (QED) is 0.506. The van der Waals surface area contributed by atoms with E-state index in [0.717, 1.165) is 4.68 Å². The number of aromatic nitrogens is 5. The Bertz CT molecular complexity index is 1140. The Hall–Kier alpha value is -2.92. The molecule has 6 nitrogen and oxygen atoms in total. The first kappa shape index (κ1) is 24.4. The number of nitrogens with two attached hydrogens (primary N) is 1. The van der Waals surface area contributed by atoms with Gasteiger partial charge in [-0.25, -0.2) is 14.6 Å². The van der Waals surface area contributed by atoms with Crippen molar-refractivity contribution in [3.05, 3.63) is 34.5 Å². The highest BCUT2D eigenvalue weighted by molar-refractivity contribution is 5.90. The maximum absolute atomic E-state index is 13.5. The van der Waals surface area contributed by atoms with Gasteiger partial charge in [0.25, 0.3) is 0 Å². The molecule has 3 heterocycles. The van der Waals surface area contributed by atoms with E-state index in [4.69, 9.17) is 5.73 Å². The normalized spacial score (nSPS) is 12.9. The summed E-state index contributed by atoms with van der Waals surface area (Å²) in [5.41, 5.74) is 5.02. The van der Waals surface area contributed by atoms with Gasteiger partial charge in [-0.05, 0) is 25.0 Å². The maximum atomic E-state index is 13.5. The fraction of sp³-hybridized carbons (Fsp3) is 0.474. The molecule has 0 amide bonds. The molecule has 170 valence electrons. The number of nitrogens with zero attached hydrogens (tertiary/aromatic N) is 5. The molecule has 0 saturated carbocycles. The molecule has 0 aliphatic heterocycles.